The Morgan fingerprint density at radius 1 is 0.244 bits per heavy atom. The van der Waals surface area contributed by atoms with Crippen LogP contribution in [-0.2, 0) is 5.41 Å². The van der Waals surface area contributed by atoms with Gasteiger partial charge in [0.25, 0.3) is 0 Å². The molecule has 1 aliphatic carbocycles. The van der Waals surface area contributed by atoms with Gasteiger partial charge in [-0.05, 0) is 131 Å². The third kappa shape index (κ3) is 7.73. The molecule has 78 heavy (non-hydrogen) atoms. The molecular formula is C71H50N6O. The molecule has 0 bridgehead atoms. The van der Waals surface area contributed by atoms with Gasteiger partial charge in [-0.1, -0.05) is 194 Å². The molecule has 12 aromatic rings. The molecule has 7 nitrogen and oxygen atoms in total. The first kappa shape index (κ1) is 46.5. The maximum atomic E-state index is 7.07. The van der Waals surface area contributed by atoms with Crippen LogP contribution in [0, 0.1) is 27.7 Å². The lowest BCUT2D eigenvalue weighted by atomic mass is 9.65. The van der Waals surface area contributed by atoms with Crippen LogP contribution >= 0.6 is 0 Å². The van der Waals surface area contributed by atoms with E-state index in [9.17, 15) is 0 Å². The van der Waals surface area contributed by atoms with Gasteiger partial charge in [-0.2, -0.15) is 0 Å². The summed E-state index contributed by atoms with van der Waals surface area (Å²) < 4.78 is 7.07. The number of rotatable bonds is 8. The average molecular weight is 1000 g/mol. The second-order valence-corrected chi connectivity index (χ2v) is 20.4. The minimum absolute atomic E-state index is 0.610. The summed E-state index contributed by atoms with van der Waals surface area (Å²) in [7, 11) is 0. The van der Waals surface area contributed by atoms with Crippen LogP contribution in [0.2, 0.25) is 0 Å². The third-order valence-electron chi connectivity index (χ3n) is 15.7. The highest BCUT2D eigenvalue weighted by atomic mass is 16.5. The first-order chi connectivity index (χ1) is 38.3. The Morgan fingerprint density at radius 2 is 0.538 bits per heavy atom. The van der Waals surface area contributed by atoms with Gasteiger partial charge < -0.3 is 4.74 Å². The number of hydrogen-bond donors (Lipinski definition) is 0. The van der Waals surface area contributed by atoms with Crippen LogP contribution in [0.4, 0.5) is 0 Å². The maximum absolute atomic E-state index is 7.07. The number of aryl methyl sites for hydroxylation is 4. The van der Waals surface area contributed by atoms with Crippen LogP contribution in [-0.4, -0.2) is 29.9 Å². The van der Waals surface area contributed by atoms with E-state index >= 15 is 0 Å². The third-order valence-corrected chi connectivity index (χ3v) is 15.7. The summed E-state index contributed by atoms with van der Waals surface area (Å²) in [4.78, 5) is 30.8. The average Bonchev–Trinajstić information content (AvgIpc) is 3.79. The van der Waals surface area contributed by atoms with Crippen LogP contribution in [0.25, 0.3) is 102 Å². The highest BCUT2D eigenvalue weighted by Gasteiger charge is 2.51. The fourth-order valence-corrected chi connectivity index (χ4v) is 11.7. The van der Waals surface area contributed by atoms with Crippen molar-refractivity contribution >= 4 is 0 Å². The lowest BCUT2D eigenvalue weighted by Crippen LogP contribution is -2.32. The molecule has 0 atom stereocenters. The summed E-state index contributed by atoms with van der Waals surface area (Å²) in [6.07, 6.45) is 0. The predicted molar refractivity (Wildman–Crippen MR) is 313 cm³/mol. The van der Waals surface area contributed by atoms with Crippen molar-refractivity contribution in [2.24, 2.45) is 0 Å². The van der Waals surface area contributed by atoms with E-state index in [1.165, 1.54) is 22.3 Å². The quantitative estimate of drug-likeness (QED) is 0.150. The number of benzene rings is 10. The second-order valence-electron chi connectivity index (χ2n) is 20.4. The standard InChI is InChI=1S/C71H50N6O/c1-43-19-5-9-27-53(43)67-72-65(73-68(76-67)54-28-10-6-20-44(54)2)51-25-17-23-47(39-51)49-35-37-63-61(41-49)71(59-33-15-13-31-57(59)58-32-14-16-34-60(58)71)62-42-50(36-38-64(62)78-63)48-24-18-26-52(40-48)66-74-69(55-29-11-7-21-45(55)3)77-70(75-66)56-30-12-8-22-46(56)4/h5-42H,1-4H3. The van der Waals surface area contributed by atoms with Gasteiger partial charge in [-0.25, -0.2) is 29.9 Å². The van der Waals surface area contributed by atoms with E-state index < -0.39 is 5.41 Å². The molecule has 14 rings (SSSR count). The number of fused-ring (bicyclic) bond motifs is 9. The predicted octanol–water partition coefficient (Wildman–Crippen LogP) is 17.1. The molecule has 0 amide bonds. The first-order valence-electron chi connectivity index (χ1n) is 26.4. The highest BCUT2D eigenvalue weighted by molar-refractivity contribution is 5.90. The van der Waals surface area contributed by atoms with Gasteiger partial charge in [-0.15, -0.1) is 0 Å². The van der Waals surface area contributed by atoms with Crippen molar-refractivity contribution < 1.29 is 4.74 Å². The molecule has 2 aliphatic rings. The summed E-state index contributed by atoms with van der Waals surface area (Å²) in [5, 5.41) is 0. The molecule has 10 aromatic carbocycles. The molecule has 0 unspecified atom stereocenters. The van der Waals surface area contributed by atoms with E-state index in [1.807, 2.05) is 48.5 Å². The van der Waals surface area contributed by atoms with Crippen molar-refractivity contribution in [3.05, 3.63) is 275 Å². The molecule has 1 aliphatic heterocycles. The first-order valence-corrected chi connectivity index (χ1v) is 26.4. The van der Waals surface area contributed by atoms with E-state index in [2.05, 4.69) is 210 Å². The number of hydrogen-bond acceptors (Lipinski definition) is 7. The number of aromatic nitrogens is 6. The van der Waals surface area contributed by atoms with Crippen molar-refractivity contribution in [1.29, 1.82) is 0 Å². The Balaban J connectivity index is 0.914. The summed E-state index contributed by atoms with van der Waals surface area (Å²) in [5.41, 5.74) is 20.5. The van der Waals surface area contributed by atoms with Gasteiger partial charge in [0.15, 0.2) is 34.9 Å². The van der Waals surface area contributed by atoms with Gasteiger partial charge in [0.05, 0.1) is 5.41 Å². The normalized spacial score (nSPS) is 12.6. The van der Waals surface area contributed by atoms with Gasteiger partial charge >= 0.3 is 0 Å². The highest BCUT2D eigenvalue weighted by Crippen LogP contribution is 2.63. The molecule has 3 heterocycles. The van der Waals surface area contributed by atoms with Gasteiger partial charge in [-0.3, -0.25) is 0 Å². The van der Waals surface area contributed by atoms with Gasteiger partial charge in [0.2, 0.25) is 0 Å². The van der Waals surface area contributed by atoms with Crippen LogP contribution in [0.5, 0.6) is 11.5 Å². The van der Waals surface area contributed by atoms with Crippen molar-refractivity contribution in [3.8, 4) is 113 Å². The Labute approximate surface area is 453 Å². The number of nitrogens with zero attached hydrogens (tertiary/aromatic N) is 6. The summed E-state index contributed by atoms with van der Waals surface area (Å²) in [6.45, 7) is 8.39. The van der Waals surface area contributed by atoms with E-state index in [1.54, 1.807) is 0 Å². The van der Waals surface area contributed by atoms with Crippen LogP contribution < -0.4 is 4.74 Å². The Hall–Kier alpha value is -9.98. The fourth-order valence-electron chi connectivity index (χ4n) is 11.7. The van der Waals surface area contributed by atoms with Crippen molar-refractivity contribution in [1.82, 2.24) is 29.9 Å². The van der Waals surface area contributed by atoms with Crippen LogP contribution in [0.3, 0.4) is 0 Å². The van der Waals surface area contributed by atoms with Crippen molar-refractivity contribution in [2.75, 3.05) is 0 Å². The minimum Gasteiger partial charge on any atom is -0.457 e. The maximum Gasteiger partial charge on any atom is 0.164 e. The summed E-state index contributed by atoms with van der Waals surface area (Å²) in [6, 6.07) is 81.2. The largest absolute Gasteiger partial charge is 0.457 e. The van der Waals surface area contributed by atoms with E-state index in [0.717, 1.165) is 101 Å². The Morgan fingerprint density at radius 3 is 0.897 bits per heavy atom. The van der Waals surface area contributed by atoms with E-state index in [4.69, 9.17) is 34.6 Å². The lowest BCUT2D eigenvalue weighted by Gasteiger charge is -2.40. The topological polar surface area (TPSA) is 86.6 Å². The van der Waals surface area contributed by atoms with E-state index in [-0.39, 0.29) is 0 Å². The monoisotopic (exact) mass is 1000 g/mol. The zero-order valence-electron chi connectivity index (χ0n) is 43.5. The van der Waals surface area contributed by atoms with Crippen LogP contribution in [0.1, 0.15) is 44.5 Å². The Kier molecular flexibility index (Phi) is 11.2. The minimum atomic E-state index is -0.727. The smallest absolute Gasteiger partial charge is 0.164 e. The Bertz CT molecular complexity index is 3980. The van der Waals surface area contributed by atoms with Crippen molar-refractivity contribution in [3.63, 3.8) is 0 Å². The second kappa shape index (κ2) is 18.7. The molecule has 0 fully saturated rings. The molecule has 7 heteroatoms. The van der Waals surface area contributed by atoms with Gasteiger partial charge in [0.1, 0.15) is 11.5 Å². The molecule has 0 radical (unpaired) electrons. The molecule has 0 N–H and O–H groups in total. The van der Waals surface area contributed by atoms with Crippen molar-refractivity contribution in [2.45, 2.75) is 33.1 Å². The molecule has 2 aromatic heterocycles. The summed E-state index contributed by atoms with van der Waals surface area (Å²) in [5.74, 6) is 5.42. The van der Waals surface area contributed by atoms with Crippen LogP contribution in [0.15, 0.2) is 231 Å². The van der Waals surface area contributed by atoms with Gasteiger partial charge in [0, 0.05) is 44.5 Å². The molecule has 370 valence electrons. The lowest BCUT2D eigenvalue weighted by molar-refractivity contribution is 0.436. The molecule has 0 saturated carbocycles. The summed E-state index contributed by atoms with van der Waals surface area (Å²) >= 11 is 0. The fraction of sp³-hybridized carbons (Fsp3) is 0.0704. The molecular weight excluding hydrogens is 953 g/mol. The number of ether oxygens (including phenoxy) is 1. The molecule has 1 spiro atoms. The SMILES string of the molecule is Cc1ccccc1-c1nc(-c2cccc(-c3ccc4c(c3)C3(c5cc(-c6cccc(-c7nc(-c8ccccc8C)nc(-c8ccccc8C)n7)c6)ccc5O4)c4ccccc4-c4ccccc43)c2)nc(-c2ccccc2C)n1. The zero-order chi connectivity index (χ0) is 52.5. The van der Waals surface area contributed by atoms with E-state index in [0.29, 0.717) is 34.9 Å². The zero-order valence-corrected chi connectivity index (χ0v) is 43.5. The molecule has 0 saturated heterocycles.